The molecule has 1 aliphatic heterocycles. The lowest BCUT2D eigenvalue weighted by Gasteiger charge is -2.11. The zero-order valence-corrected chi connectivity index (χ0v) is 10.1. The van der Waals surface area contributed by atoms with Crippen LogP contribution in [0.4, 0.5) is 5.95 Å². The number of aromatic amines is 1. The number of anilines is 1. The number of H-pyrrole nitrogens is 1. The van der Waals surface area contributed by atoms with E-state index in [4.69, 9.17) is 5.73 Å². The summed E-state index contributed by atoms with van der Waals surface area (Å²) in [5, 5.41) is 7.27. The van der Waals surface area contributed by atoms with Crippen LogP contribution in [-0.4, -0.2) is 34.3 Å². The zero-order chi connectivity index (χ0) is 11.5. The van der Waals surface area contributed by atoms with Crippen LogP contribution in [0, 0.1) is 5.92 Å². The van der Waals surface area contributed by atoms with Crippen molar-refractivity contribution < 1.29 is 0 Å². The molecule has 90 valence electrons. The lowest BCUT2D eigenvalue weighted by atomic mass is 10.1. The average molecular weight is 223 g/mol. The highest BCUT2D eigenvalue weighted by Crippen LogP contribution is 2.16. The molecular weight excluding hydrogens is 202 g/mol. The summed E-state index contributed by atoms with van der Waals surface area (Å²) in [6, 6.07) is 0.275. The lowest BCUT2D eigenvalue weighted by Crippen LogP contribution is -2.27. The fourth-order valence-electron chi connectivity index (χ4n) is 1.96. The summed E-state index contributed by atoms with van der Waals surface area (Å²) >= 11 is 0. The second kappa shape index (κ2) is 4.82. The first-order chi connectivity index (χ1) is 7.69. The van der Waals surface area contributed by atoms with Crippen molar-refractivity contribution in [2.24, 2.45) is 11.7 Å². The predicted octanol–water partition coefficient (Wildman–Crippen LogP) is 0.931. The van der Waals surface area contributed by atoms with Gasteiger partial charge in [-0.15, -0.1) is 5.10 Å². The summed E-state index contributed by atoms with van der Waals surface area (Å²) < 4.78 is 0. The first kappa shape index (κ1) is 11.4. The third-order valence-corrected chi connectivity index (χ3v) is 3.27. The van der Waals surface area contributed by atoms with Gasteiger partial charge in [0, 0.05) is 25.6 Å². The van der Waals surface area contributed by atoms with Gasteiger partial charge in [-0.05, 0) is 12.3 Å². The van der Waals surface area contributed by atoms with Crippen LogP contribution in [-0.2, 0) is 6.42 Å². The number of hydrogen-bond donors (Lipinski definition) is 2. The molecule has 0 aromatic carbocycles. The SMILES string of the molecule is CCC(C)Cc1nc(N2CCC(N)C2)n[nH]1. The molecule has 1 aromatic rings. The Kier molecular flexibility index (Phi) is 3.43. The third kappa shape index (κ3) is 2.52. The highest BCUT2D eigenvalue weighted by atomic mass is 15.4. The highest BCUT2D eigenvalue weighted by molar-refractivity contribution is 5.31. The van der Waals surface area contributed by atoms with E-state index in [-0.39, 0.29) is 6.04 Å². The molecule has 1 aromatic heterocycles. The van der Waals surface area contributed by atoms with Crippen LogP contribution in [0.15, 0.2) is 0 Å². The summed E-state index contributed by atoms with van der Waals surface area (Å²) in [5.74, 6) is 2.46. The van der Waals surface area contributed by atoms with Crippen LogP contribution in [0.5, 0.6) is 0 Å². The smallest absolute Gasteiger partial charge is 0.244 e. The van der Waals surface area contributed by atoms with Crippen molar-refractivity contribution in [2.75, 3.05) is 18.0 Å². The second-order valence-corrected chi connectivity index (χ2v) is 4.79. The summed E-state index contributed by atoms with van der Waals surface area (Å²) in [4.78, 5) is 6.67. The van der Waals surface area contributed by atoms with Crippen molar-refractivity contribution >= 4 is 5.95 Å². The molecule has 0 saturated carbocycles. The Labute approximate surface area is 96.4 Å². The number of nitrogens with one attached hydrogen (secondary N) is 1. The van der Waals surface area contributed by atoms with E-state index in [1.54, 1.807) is 0 Å². The molecule has 5 nitrogen and oxygen atoms in total. The molecule has 2 atom stereocenters. The van der Waals surface area contributed by atoms with Crippen molar-refractivity contribution in [2.45, 2.75) is 39.2 Å². The van der Waals surface area contributed by atoms with Crippen molar-refractivity contribution in [1.29, 1.82) is 0 Å². The topological polar surface area (TPSA) is 70.8 Å². The quantitative estimate of drug-likeness (QED) is 0.796. The molecule has 5 heteroatoms. The van der Waals surface area contributed by atoms with Crippen LogP contribution >= 0.6 is 0 Å². The van der Waals surface area contributed by atoms with E-state index in [9.17, 15) is 0 Å². The maximum Gasteiger partial charge on any atom is 0.244 e. The number of nitrogens with zero attached hydrogens (tertiary/aromatic N) is 3. The van der Waals surface area contributed by atoms with Gasteiger partial charge in [-0.3, -0.25) is 5.10 Å². The Morgan fingerprint density at radius 3 is 3.06 bits per heavy atom. The van der Waals surface area contributed by atoms with Gasteiger partial charge in [0.15, 0.2) is 0 Å². The molecule has 0 spiro atoms. The monoisotopic (exact) mass is 223 g/mol. The number of hydrogen-bond acceptors (Lipinski definition) is 4. The number of rotatable bonds is 4. The Morgan fingerprint density at radius 1 is 1.62 bits per heavy atom. The van der Waals surface area contributed by atoms with Gasteiger partial charge in [0.1, 0.15) is 5.82 Å². The minimum Gasteiger partial charge on any atom is -0.338 e. The number of aromatic nitrogens is 3. The Bertz CT molecular complexity index is 335. The number of nitrogens with two attached hydrogens (primary N) is 1. The maximum absolute atomic E-state index is 5.86. The van der Waals surface area contributed by atoms with E-state index < -0.39 is 0 Å². The van der Waals surface area contributed by atoms with Crippen LogP contribution in [0.2, 0.25) is 0 Å². The summed E-state index contributed by atoms with van der Waals surface area (Å²) in [5.41, 5.74) is 5.86. The second-order valence-electron chi connectivity index (χ2n) is 4.79. The van der Waals surface area contributed by atoms with Gasteiger partial charge in [0.25, 0.3) is 0 Å². The van der Waals surface area contributed by atoms with E-state index >= 15 is 0 Å². The molecule has 2 unspecified atom stereocenters. The highest BCUT2D eigenvalue weighted by Gasteiger charge is 2.22. The van der Waals surface area contributed by atoms with Crippen LogP contribution in [0.3, 0.4) is 0 Å². The van der Waals surface area contributed by atoms with Gasteiger partial charge in [0.2, 0.25) is 5.95 Å². The molecule has 1 aliphatic rings. The van der Waals surface area contributed by atoms with Gasteiger partial charge in [0.05, 0.1) is 0 Å². The first-order valence-corrected chi connectivity index (χ1v) is 6.10. The fourth-order valence-corrected chi connectivity index (χ4v) is 1.96. The van der Waals surface area contributed by atoms with E-state index in [0.717, 1.165) is 37.7 Å². The molecule has 16 heavy (non-hydrogen) atoms. The summed E-state index contributed by atoms with van der Waals surface area (Å²) in [6.45, 7) is 6.28. The zero-order valence-electron chi connectivity index (χ0n) is 10.1. The minimum atomic E-state index is 0.275. The molecule has 0 amide bonds. The minimum absolute atomic E-state index is 0.275. The molecule has 1 saturated heterocycles. The molecule has 3 N–H and O–H groups in total. The molecule has 0 radical (unpaired) electrons. The lowest BCUT2D eigenvalue weighted by molar-refractivity contribution is 0.544. The average Bonchev–Trinajstić information content (AvgIpc) is 2.87. The van der Waals surface area contributed by atoms with Gasteiger partial charge >= 0.3 is 0 Å². The normalized spacial score (nSPS) is 22.7. The van der Waals surface area contributed by atoms with Crippen molar-refractivity contribution in [1.82, 2.24) is 15.2 Å². The standard InChI is InChI=1S/C11H21N5/c1-3-8(2)6-10-13-11(15-14-10)16-5-4-9(12)7-16/h8-9H,3-7,12H2,1-2H3,(H,13,14,15). The van der Waals surface area contributed by atoms with Crippen LogP contribution < -0.4 is 10.6 Å². The molecule has 0 bridgehead atoms. The van der Waals surface area contributed by atoms with Gasteiger partial charge in [-0.25, -0.2) is 0 Å². The van der Waals surface area contributed by atoms with Crippen molar-refractivity contribution in [3.05, 3.63) is 5.82 Å². The molecule has 0 aliphatic carbocycles. The van der Waals surface area contributed by atoms with Gasteiger partial charge in [-0.1, -0.05) is 20.3 Å². The Hall–Kier alpha value is -1.10. The molecule has 2 heterocycles. The Morgan fingerprint density at radius 2 is 2.44 bits per heavy atom. The van der Waals surface area contributed by atoms with Gasteiger partial charge in [-0.2, -0.15) is 4.98 Å². The predicted molar refractivity (Wildman–Crippen MR) is 64.3 cm³/mol. The van der Waals surface area contributed by atoms with E-state index in [2.05, 4.69) is 33.9 Å². The van der Waals surface area contributed by atoms with Crippen molar-refractivity contribution in [3.63, 3.8) is 0 Å². The van der Waals surface area contributed by atoms with Gasteiger partial charge < -0.3 is 10.6 Å². The largest absolute Gasteiger partial charge is 0.338 e. The summed E-state index contributed by atoms with van der Waals surface area (Å²) in [7, 11) is 0. The molecule has 2 rings (SSSR count). The van der Waals surface area contributed by atoms with Crippen molar-refractivity contribution in [3.8, 4) is 0 Å². The van der Waals surface area contributed by atoms with Crippen LogP contribution in [0.1, 0.15) is 32.5 Å². The van der Waals surface area contributed by atoms with E-state index in [1.807, 2.05) is 0 Å². The van der Waals surface area contributed by atoms with E-state index in [1.165, 1.54) is 6.42 Å². The maximum atomic E-state index is 5.86. The first-order valence-electron chi connectivity index (χ1n) is 6.10. The third-order valence-electron chi connectivity index (χ3n) is 3.27. The van der Waals surface area contributed by atoms with Crippen LogP contribution in [0.25, 0.3) is 0 Å². The molecular formula is C11H21N5. The van der Waals surface area contributed by atoms with E-state index in [0.29, 0.717) is 5.92 Å². The Balaban J connectivity index is 1.97. The summed E-state index contributed by atoms with van der Waals surface area (Å²) in [6.07, 6.45) is 3.18. The molecule has 1 fully saturated rings. The fraction of sp³-hybridized carbons (Fsp3) is 0.818.